The quantitative estimate of drug-likeness (QED) is 0.507. The van der Waals surface area contributed by atoms with Crippen LogP contribution in [0.25, 0.3) is 6.08 Å². The fraction of sp³-hybridized carbons (Fsp3) is 0.531. The van der Waals surface area contributed by atoms with Gasteiger partial charge in [0.1, 0.15) is 6.10 Å². The van der Waals surface area contributed by atoms with Crippen molar-refractivity contribution in [3.05, 3.63) is 64.7 Å². The molecular weight excluding hydrogens is 533 g/mol. The molecule has 1 spiro atoms. The number of piperidine rings is 1. The second-order valence-electron chi connectivity index (χ2n) is 12.5. The number of hydrogen-bond donors (Lipinski definition) is 1. The largest absolute Gasteiger partial charge is 0.493 e. The van der Waals surface area contributed by atoms with Crippen LogP contribution in [0, 0.1) is 5.92 Å². The number of benzene rings is 2. The smallest absolute Gasteiger partial charge is 0.416 e. The van der Waals surface area contributed by atoms with Crippen molar-refractivity contribution in [1.82, 2.24) is 9.80 Å². The fourth-order valence-electron chi connectivity index (χ4n) is 8.23. The molecule has 2 bridgehead atoms. The van der Waals surface area contributed by atoms with Gasteiger partial charge >= 0.3 is 6.18 Å². The Morgan fingerprint density at radius 2 is 1.93 bits per heavy atom. The predicted octanol–water partition coefficient (Wildman–Crippen LogP) is 4.82. The zero-order valence-corrected chi connectivity index (χ0v) is 23.3. The van der Waals surface area contributed by atoms with Crippen LogP contribution in [0.15, 0.2) is 42.5 Å². The van der Waals surface area contributed by atoms with Crippen LogP contribution in [-0.4, -0.2) is 71.8 Å². The van der Waals surface area contributed by atoms with Crippen molar-refractivity contribution in [2.24, 2.45) is 5.92 Å². The molecule has 2 heterocycles. The van der Waals surface area contributed by atoms with Gasteiger partial charge in [0.25, 0.3) is 0 Å². The number of carbonyl (C=O) groups excluding carboxylic acids is 1. The van der Waals surface area contributed by atoms with E-state index >= 15 is 0 Å². The van der Waals surface area contributed by atoms with Crippen molar-refractivity contribution in [2.45, 2.75) is 73.9 Å². The van der Waals surface area contributed by atoms with E-state index in [-0.39, 0.29) is 18.0 Å². The Labute approximate surface area is 237 Å². The lowest BCUT2D eigenvalue weighted by atomic mass is 9.48. The predicted molar refractivity (Wildman–Crippen MR) is 147 cm³/mol. The summed E-state index contributed by atoms with van der Waals surface area (Å²) in [6.45, 7) is 1.89. The fourth-order valence-corrected chi connectivity index (χ4v) is 8.23. The molecule has 3 aliphatic carbocycles. The Balaban J connectivity index is 1.20. The molecule has 218 valence electrons. The van der Waals surface area contributed by atoms with Gasteiger partial charge in [-0.05, 0) is 86.4 Å². The summed E-state index contributed by atoms with van der Waals surface area (Å²) in [6, 6.07) is 8.50. The number of alkyl halides is 3. The minimum absolute atomic E-state index is 0.00341. The monoisotopic (exact) mass is 568 g/mol. The zero-order chi connectivity index (χ0) is 28.7. The molecular formula is C32H35F3N2O4. The Morgan fingerprint density at radius 1 is 1.17 bits per heavy atom. The van der Waals surface area contributed by atoms with Crippen LogP contribution in [0.2, 0.25) is 0 Å². The summed E-state index contributed by atoms with van der Waals surface area (Å²) in [4.78, 5) is 17.6. The third-order valence-corrected chi connectivity index (χ3v) is 10.4. The van der Waals surface area contributed by atoms with Crippen molar-refractivity contribution in [2.75, 3.05) is 27.2 Å². The third-order valence-electron chi connectivity index (χ3n) is 10.4. The summed E-state index contributed by atoms with van der Waals surface area (Å²) in [7, 11) is 3.37. The maximum atomic E-state index is 13.4. The van der Waals surface area contributed by atoms with E-state index < -0.39 is 28.9 Å². The summed E-state index contributed by atoms with van der Waals surface area (Å²) in [5, 5.41) is 12.7. The number of likely N-dealkylation sites (tertiary alicyclic amines) is 1. The maximum absolute atomic E-state index is 13.4. The van der Waals surface area contributed by atoms with Crippen LogP contribution in [-0.2, 0) is 22.8 Å². The van der Waals surface area contributed by atoms with Gasteiger partial charge in [-0.15, -0.1) is 0 Å². The first kappa shape index (κ1) is 26.8. The first-order valence-electron chi connectivity index (χ1n) is 14.5. The van der Waals surface area contributed by atoms with Gasteiger partial charge in [-0.25, -0.2) is 0 Å². The second kappa shape index (κ2) is 9.23. The molecule has 0 unspecified atom stereocenters. The molecule has 5 aliphatic rings. The lowest BCUT2D eigenvalue weighted by molar-refractivity contribution is -0.200. The van der Waals surface area contributed by atoms with E-state index in [9.17, 15) is 23.1 Å². The summed E-state index contributed by atoms with van der Waals surface area (Å²) < 4.78 is 51.3. The van der Waals surface area contributed by atoms with Gasteiger partial charge in [0, 0.05) is 31.3 Å². The highest BCUT2D eigenvalue weighted by atomic mass is 19.4. The van der Waals surface area contributed by atoms with Gasteiger partial charge in [-0.1, -0.05) is 18.2 Å². The summed E-state index contributed by atoms with van der Waals surface area (Å²) in [5.41, 5.74) is 0.394. The highest BCUT2D eigenvalue weighted by Gasteiger charge is 2.73. The lowest BCUT2D eigenvalue weighted by Crippen LogP contribution is -2.78. The number of nitrogens with zero attached hydrogens (tertiary/aromatic N) is 2. The zero-order valence-electron chi connectivity index (χ0n) is 23.3. The highest BCUT2D eigenvalue weighted by molar-refractivity contribution is 5.92. The average Bonchev–Trinajstić information content (AvgIpc) is 3.70. The number of rotatable bonds is 6. The van der Waals surface area contributed by atoms with Crippen molar-refractivity contribution < 1.29 is 32.5 Å². The molecule has 1 amide bonds. The molecule has 2 aliphatic heterocycles. The van der Waals surface area contributed by atoms with Crippen LogP contribution < -0.4 is 9.47 Å². The van der Waals surface area contributed by atoms with Gasteiger partial charge in [-0.2, -0.15) is 13.2 Å². The van der Waals surface area contributed by atoms with Crippen molar-refractivity contribution in [3.8, 4) is 11.5 Å². The summed E-state index contributed by atoms with van der Waals surface area (Å²) in [6.07, 6.45) is 3.24. The van der Waals surface area contributed by atoms with E-state index in [0.29, 0.717) is 35.8 Å². The topological polar surface area (TPSA) is 62.2 Å². The van der Waals surface area contributed by atoms with Gasteiger partial charge in [0.05, 0.1) is 29.7 Å². The number of hydrogen-bond acceptors (Lipinski definition) is 5. The molecule has 3 fully saturated rings. The first-order valence-corrected chi connectivity index (χ1v) is 14.5. The molecule has 6 nitrogen and oxygen atoms in total. The van der Waals surface area contributed by atoms with Crippen LogP contribution in [0.4, 0.5) is 13.2 Å². The van der Waals surface area contributed by atoms with Gasteiger partial charge in [0.2, 0.25) is 5.91 Å². The van der Waals surface area contributed by atoms with Crippen molar-refractivity contribution in [1.29, 1.82) is 0 Å². The Kier molecular flexibility index (Phi) is 6.04. The molecule has 7 rings (SSSR count). The third kappa shape index (κ3) is 3.95. The molecule has 9 heteroatoms. The van der Waals surface area contributed by atoms with Gasteiger partial charge in [0.15, 0.2) is 11.5 Å². The Bertz CT molecular complexity index is 1400. The van der Waals surface area contributed by atoms with Crippen LogP contribution >= 0.6 is 0 Å². The van der Waals surface area contributed by atoms with Gasteiger partial charge in [-0.3, -0.25) is 9.69 Å². The number of carbonyl (C=O) groups is 1. The molecule has 0 aromatic heterocycles. The molecule has 5 atom stereocenters. The van der Waals surface area contributed by atoms with E-state index in [4.69, 9.17) is 9.47 Å². The second-order valence-corrected chi connectivity index (χ2v) is 12.5. The van der Waals surface area contributed by atoms with Crippen LogP contribution in [0.3, 0.4) is 0 Å². The Hall–Kier alpha value is -3.04. The summed E-state index contributed by atoms with van der Waals surface area (Å²) >= 11 is 0. The molecule has 2 aromatic rings. The van der Waals surface area contributed by atoms with Crippen molar-refractivity contribution in [3.63, 3.8) is 0 Å². The molecule has 1 saturated heterocycles. The molecule has 2 saturated carbocycles. The molecule has 2 aromatic carbocycles. The van der Waals surface area contributed by atoms with E-state index in [0.717, 1.165) is 43.6 Å². The number of aliphatic hydroxyl groups is 1. The van der Waals surface area contributed by atoms with Gasteiger partial charge < -0.3 is 19.5 Å². The molecule has 41 heavy (non-hydrogen) atoms. The highest BCUT2D eigenvalue weighted by Crippen LogP contribution is 2.66. The molecule has 0 radical (unpaired) electrons. The average molecular weight is 569 g/mol. The number of ether oxygens (including phenoxy) is 2. The number of amides is 1. The number of methoxy groups -OCH3 is 1. The minimum atomic E-state index is -4.41. The van der Waals surface area contributed by atoms with E-state index in [1.807, 2.05) is 6.07 Å². The SMILES string of the molecule is COc1ccc2c3c1O[C@H]1[C@@H](N(C)C(=O)C=Cc4ccc(C(F)(F)F)cc4)CC[C@@]4(O)[C@@H](C2)N(CC2CC2)CC[C@]314. The van der Waals surface area contributed by atoms with E-state index in [1.54, 1.807) is 19.1 Å². The normalized spacial score (nSPS) is 32.0. The Morgan fingerprint density at radius 3 is 2.61 bits per heavy atom. The summed E-state index contributed by atoms with van der Waals surface area (Å²) in [5.74, 6) is 1.79. The van der Waals surface area contributed by atoms with Crippen LogP contribution in [0.5, 0.6) is 11.5 Å². The number of likely N-dealkylation sites (N-methyl/N-ethyl adjacent to an activating group) is 1. The van der Waals surface area contributed by atoms with E-state index in [1.165, 1.54) is 42.7 Å². The molecule has 1 N–H and O–H groups in total. The standard InChI is InChI=1S/C32H35F3N2O4/c1-36(26(38)12-7-19-5-9-22(10-6-19)32(33,34)35)23-13-14-31(39)25-17-21-8-11-24(40-2)28-27(21)30(31,29(23)41-28)15-16-37(25)18-20-3-4-20/h5-12,20,23,25,29,39H,3-4,13-18H2,1-2H3/t23-,25+,29-,30-,31+/m0/s1. The van der Waals surface area contributed by atoms with E-state index in [2.05, 4.69) is 11.0 Å². The number of halogens is 3. The minimum Gasteiger partial charge on any atom is -0.493 e. The maximum Gasteiger partial charge on any atom is 0.416 e. The van der Waals surface area contributed by atoms with Crippen molar-refractivity contribution >= 4 is 12.0 Å². The van der Waals surface area contributed by atoms with Crippen LogP contribution in [0.1, 0.15) is 54.4 Å². The lowest BCUT2D eigenvalue weighted by Gasteiger charge is -2.64. The first-order chi connectivity index (χ1) is 19.6.